The van der Waals surface area contributed by atoms with Crippen LogP contribution in [0.4, 0.5) is 0 Å². The average Bonchev–Trinajstić information content (AvgIpc) is 1.80. The van der Waals surface area contributed by atoms with Gasteiger partial charge in [-0.1, -0.05) is 0 Å². The predicted octanol–water partition coefficient (Wildman–Crippen LogP) is 0.838. The number of hydrogen-bond donors (Lipinski definition) is 2. The summed E-state index contributed by atoms with van der Waals surface area (Å²) in [5.41, 5.74) is 4.95. The summed E-state index contributed by atoms with van der Waals surface area (Å²) in [7, 11) is 0. The summed E-state index contributed by atoms with van der Waals surface area (Å²) in [5.74, 6) is 1.02. The molecule has 3 N–H and O–H groups in total. The van der Waals surface area contributed by atoms with E-state index < -0.39 is 5.60 Å². The first-order chi connectivity index (χ1) is 4.48. The lowest BCUT2D eigenvalue weighted by Crippen LogP contribution is -2.43. The van der Waals surface area contributed by atoms with Crippen molar-refractivity contribution in [3.05, 3.63) is 0 Å². The Bertz CT molecular complexity index is 90.1. The van der Waals surface area contributed by atoms with Crippen LogP contribution < -0.4 is 5.73 Å². The van der Waals surface area contributed by atoms with Gasteiger partial charge in [-0.15, -0.1) is 0 Å². The largest absolute Gasteiger partial charge is 0.389 e. The van der Waals surface area contributed by atoms with Gasteiger partial charge in [0.1, 0.15) is 0 Å². The van der Waals surface area contributed by atoms with Gasteiger partial charge in [0.05, 0.1) is 5.60 Å². The highest BCUT2D eigenvalue weighted by Crippen LogP contribution is 2.11. The standard InChI is InChI=1S/C7H17NOS/c1-7(2,9)6(8)4-5-10-3/h6,9H,4-5,8H2,1-3H3/t6-/m0/s1. The van der Waals surface area contributed by atoms with Gasteiger partial charge in [-0.05, 0) is 32.3 Å². The van der Waals surface area contributed by atoms with E-state index in [4.69, 9.17) is 5.73 Å². The molecule has 0 unspecified atom stereocenters. The molecule has 0 aliphatic carbocycles. The molecule has 0 amide bonds. The van der Waals surface area contributed by atoms with Gasteiger partial charge in [0, 0.05) is 6.04 Å². The molecule has 10 heavy (non-hydrogen) atoms. The second kappa shape index (κ2) is 4.21. The molecule has 0 fully saturated rings. The number of nitrogens with two attached hydrogens (primary N) is 1. The summed E-state index contributed by atoms with van der Waals surface area (Å²) in [4.78, 5) is 0. The normalized spacial score (nSPS) is 15.3. The van der Waals surface area contributed by atoms with E-state index in [9.17, 15) is 5.11 Å². The fraction of sp³-hybridized carbons (Fsp3) is 1.00. The molecule has 0 saturated carbocycles. The summed E-state index contributed by atoms with van der Waals surface area (Å²) in [5, 5.41) is 9.38. The van der Waals surface area contributed by atoms with E-state index in [1.807, 2.05) is 6.26 Å². The highest BCUT2D eigenvalue weighted by molar-refractivity contribution is 7.98. The highest BCUT2D eigenvalue weighted by atomic mass is 32.2. The Morgan fingerprint density at radius 2 is 2.10 bits per heavy atom. The zero-order valence-electron chi connectivity index (χ0n) is 6.92. The van der Waals surface area contributed by atoms with Crippen LogP contribution in [0.2, 0.25) is 0 Å². The molecule has 2 nitrogen and oxygen atoms in total. The van der Waals surface area contributed by atoms with Crippen molar-refractivity contribution in [2.75, 3.05) is 12.0 Å². The summed E-state index contributed by atoms with van der Waals surface area (Å²) in [6.45, 7) is 3.50. The summed E-state index contributed by atoms with van der Waals surface area (Å²) >= 11 is 1.75. The van der Waals surface area contributed by atoms with Gasteiger partial charge in [0.2, 0.25) is 0 Å². The molecule has 3 heteroatoms. The van der Waals surface area contributed by atoms with E-state index in [0.29, 0.717) is 0 Å². The summed E-state index contributed by atoms with van der Waals surface area (Å²) < 4.78 is 0. The first-order valence-corrected chi connectivity index (χ1v) is 4.84. The fourth-order valence-electron chi connectivity index (χ4n) is 0.598. The van der Waals surface area contributed by atoms with Crippen molar-refractivity contribution in [1.82, 2.24) is 0 Å². The molecule has 0 spiro atoms. The van der Waals surface area contributed by atoms with E-state index in [-0.39, 0.29) is 6.04 Å². The van der Waals surface area contributed by atoms with Crippen molar-refractivity contribution < 1.29 is 5.11 Å². The lowest BCUT2D eigenvalue weighted by atomic mass is 9.98. The molecule has 0 aromatic carbocycles. The van der Waals surface area contributed by atoms with Crippen LogP contribution in [0.1, 0.15) is 20.3 Å². The van der Waals surface area contributed by atoms with Crippen LogP contribution in [0.3, 0.4) is 0 Å². The van der Waals surface area contributed by atoms with Crippen LogP contribution in [0.15, 0.2) is 0 Å². The molecule has 0 aromatic heterocycles. The van der Waals surface area contributed by atoms with Crippen molar-refractivity contribution in [1.29, 1.82) is 0 Å². The highest BCUT2D eigenvalue weighted by Gasteiger charge is 2.21. The van der Waals surface area contributed by atoms with E-state index in [1.165, 1.54) is 0 Å². The molecular weight excluding hydrogens is 146 g/mol. The molecule has 0 aromatic rings. The van der Waals surface area contributed by atoms with E-state index in [0.717, 1.165) is 12.2 Å². The lowest BCUT2D eigenvalue weighted by molar-refractivity contribution is 0.0512. The van der Waals surface area contributed by atoms with E-state index in [1.54, 1.807) is 25.6 Å². The third-order valence-electron chi connectivity index (χ3n) is 1.54. The minimum absolute atomic E-state index is 0.0973. The van der Waals surface area contributed by atoms with Gasteiger partial charge in [-0.25, -0.2) is 0 Å². The van der Waals surface area contributed by atoms with Crippen molar-refractivity contribution >= 4 is 11.8 Å². The molecule has 0 aliphatic heterocycles. The molecule has 0 saturated heterocycles. The molecular formula is C7H17NOS. The summed E-state index contributed by atoms with van der Waals surface area (Å²) in [6.07, 6.45) is 2.92. The predicted molar refractivity (Wildman–Crippen MR) is 47.3 cm³/mol. The zero-order valence-corrected chi connectivity index (χ0v) is 7.74. The van der Waals surface area contributed by atoms with Gasteiger partial charge < -0.3 is 10.8 Å². The molecule has 0 bridgehead atoms. The maximum atomic E-state index is 9.38. The number of thioether (sulfide) groups is 1. The molecule has 0 aliphatic rings. The van der Waals surface area contributed by atoms with Gasteiger partial charge in [0.25, 0.3) is 0 Å². The van der Waals surface area contributed by atoms with Gasteiger partial charge in [-0.2, -0.15) is 11.8 Å². The topological polar surface area (TPSA) is 46.2 Å². The summed E-state index contributed by atoms with van der Waals surface area (Å²) in [6, 6.07) is -0.0973. The second-order valence-electron chi connectivity index (χ2n) is 3.04. The van der Waals surface area contributed by atoms with Crippen LogP contribution in [0.25, 0.3) is 0 Å². The third-order valence-corrected chi connectivity index (χ3v) is 2.18. The fourth-order valence-corrected chi connectivity index (χ4v) is 1.09. The van der Waals surface area contributed by atoms with Crippen molar-refractivity contribution in [2.45, 2.75) is 31.9 Å². The van der Waals surface area contributed by atoms with Crippen molar-refractivity contribution in [3.8, 4) is 0 Å². The minimum Gasteiger partial charge on any atom is -0.389 e. The Morgan fingerprint density at radius 1 is 1.60 bits per heavy atom. The Balaban J connectivity index is 3.52. The lowest BCUT2D eigenvalue weighted by Gasteiger charge is -2.25. The molecule has 1 atom stereocenters. The molecule has 0 heterocycles. The Morgan fingerprint density at radius 3 is 2.40 bits per heavy atom. The monoisotopic (exact) mass is 163 g/mol. The van der Waals surface area contributed by atoms with E-state index >= 15 is 0 Å². The average molecular weight is 163 g/mol. The minimum atomic E-state index is -0.726. The van der Waals surface area contributed by atoms with E-state index in [2.05, 4.69) is 0 Å². The molecule has 0 radical (unpaired) electrons. The van der Waals surface area contributed by atoms with Crippen molar-refractivity contribution in [3.63, 3.8) is 0 Å². The van der Waals surface area contributed by atoms with Crippen LogP contribution in [-0.4, -0.2) is 28.8 Å². The Labute approximate surface area is 67.2 Å². The SMILES string of the molecule is CSCC[C@H](N)C(C)(C)O. The second-order valence-corrected chi connectivity index (χ2v) is 4.03. The van der Waals surface area contributed by atoms with Gasteiger partial charge >= 0.3 is 0 Å². The maximum Gasteiger partial charge on any atom is 0.0742 e. The maximum absolute atomic E-state index is 9.38. The smallest absolute Gasteiger partial charge is 0.0742 e. The van der Waals surface area contributed by atoms with Crippen LogP contribution in [0, 0.1) is 0 Å². The first-order valence-electron chi connectivity index (χ1n) is 3.45. The Hall–Kier alpha value is 0.270. The van der Waals surface area contributed by atoms with Crippen molar-refractivity contribution in [2.24, 2.45) is 5.73 Å². The van der Waals surface area contributed by atoms with Crippen LogP contribution >= 0.6 is 11.8 Å². The first kappa shape index (κ1) is 10.3. The third kappa shape index (κ3) is 4.14. The quantitative estimate of drug-likeness (QED) is 0.645. The van der Waals surface area contributed by atoms with Crippen LogP contribution in [-0.2, 0) is 0 Å². The Kier molecular flexibility index (Phi) is 4.32. The molecule has 62 valence electrons. The molecule has 0 rings (SSSR count). The van der Waals surface area contributed by atoms with Crippen LogP contribution in [0.5, 0.6) is 0 Å². The van der Waals surface area contributed by atoms with Gasteiger partial charge in [0.15, 0.2) is 0 Å². The van der Waals surface area contributed by atoms with Gasteiger partial charge in [-0.3, -0.25) is 0 Å². The number of aliphatic hydroxyl groups is 1. The number of rotatable bonds is 4. The number of hydrogen-bond acceptors (Lipinski definition) is 3. The zero-order chi connectivity index (χ0) is 8.20.